The maximum absolute atomic E-state index is 11.0. The molecule has 2 unspecified atom stereocenters. The van der Waals surface area contributed by atoms with E-state index < -0.39 is 0 Å². The number of hydrogen-bond acceptors (Lipinski definition) is 2. The first-order chi connectivity index (χ1) is 4.13. The van der Waals surface area contributed by atoms with Crippen LogP contribution in [0, 0.1) is 5.92 Å². The molecule has 1 aliphatic heterocycles. The first kappa shape index (κ1) is 6.75. The van der Waals surface area contributed by atoms with E-state index in [2.05, 4.69) is 0 Å². The number of carbonyl (C=O) groups excluding carboxylic acids is 1. The monoisotopic (exact) mass is 128 g/mol. The summed E-state index contributed by atoms with van der Waals surface area (Å²) in [7, 11) is 0. The van der Waals surface area contributed by atoms with E-state index in [9.17, 15) is 4.79 Å². The highest BCUT2D eigenvalue weighted by Crippen LogP contribution is 2.24. The minimum atomic E-state index is -0.0787. The molecular weight excluding hydrogens is 116 g/mol. The average molecular weight is 128 g/mol. The lowest BCUT2D eigenvalue weighted by Crippen LogP contribution is -2.15. The second-order valence-corrected chi connectivity index (χ2v) is 2.82. The van der Waals surface area contributed by atoms with Gasteiger partial charge in [0.25, 0.3) is 0 Å². The van der Waals surface area contributed by atoms with Gasteiger partial charge in [-0.1, -0.05) is 13.8 Å². The van der Waals surface area contributed by atoms with Crippen molar-refractivity contribution in [1.29, 1.82) is 0 Å². The normalized spacial score (nSPS) is 32.9. The molecule has 0 aromatic heterocycles. The van der Waals surface area contributed by atoms with Crippen molar-refractivity contribution < 1.29 is 9.53 Å². The van der Waals surface area contributed by atoms with Crippen LogP contribution in [0.25, 0.3) is 0 Å². The van der Waals surface area contributed by atoms with E-state index in [1.165, 1.54) is 0 Å². The van der Waals surface area contributed by atoms with Crippen LogP contribution in [0.4, 0.5) is 0 Å². The lowest BCUT2D eigenvalue weighted by atomic mass is 10.1. The SMILES string of the molecule is CC(C)C(=O)C1OC1C. The molecule has 0 saturated carbocycles. The van der Waals surface area contributed by atoms with Gasteiger partial charge in [0.15, 0.2) is 5.78 Å². The van der Waals surface area contributed by atoms with Crippen molar-refractivity contribution in [3.63, 3.8) is 0 Å². The van der Waals surface area contributed by atoms with E-state index >= 15 is 0 Å². The van der Waals surface area contributed by atoms with Crippen LogP contribution in [0.2, 0.25) is 0 Å². The number of ether oxygens (including phenoxy) is 1. The molecule has 1 aliphatic rings. The maximum Gasteiger partial charge on any atom is 0.166 e. The van der Waals surface area contributed by atoms with Crippen molar-refractivity contribution in [3.8, 4) is 0 Å². The van der Waals surface area contributed by atoms with Crippen molar-refractivity contribution in [2.45, 2.75) is 33.0 Å². The van der Waals surface area contributed by atoms with Gasteiger partial charge < -0.3 is 4.74 Å². The van der Waals surface area contributed by atoms with Gasteiger partial charge in [0.05, 0.1) is 6.10 Å². The minimum absolute atomic E-state index is 0.0787. The minimum Gasteiger partial charge on any atom is -0.362 e. The molecular formula is C7H12O2. The molecule has 1 rings (SSSR count). The van der Waals surface area contributed by atoms with Crippen molar-refractivity contribution in [2.24, 2.45) is 5.92 Å². The van der Waals surface area contributed by atoms with Crippen LogP contribution in [0.15, 0.2) is 0 Å². The van der Waals surface area contributed by atoms with Crippen molar-refractivity contribution in [3.05, 3.63) is 0 Å². The maximum atomic E-state index is 11.0. The third-order valence-corrected chi connectivity index (χ3v) is 1.56. The van der Waals surface area contributed by atoms with Crippen molar-refractivity contribution in [1.82, 2.24) is 0 Å². The van der Waals surface area contributed by atoms with Gasteiger partial charge in [0.1, 0.15) is 6.10 Å². The molecule has 0 aromatic rings. The summed E-state index contributed by atoms with van der Waals surface area (Å²) in [6.07, 6.45) is 0.102. The van der Waals surface area contributed by atoms with Crippen LogP contribution < -0.4 is 0 Å². The van der Waals surface area contributed by atoms with Gasteiger partial charge >= 0.3 is 0 Å². The zero-order valence-electron chi connectivity index (χ0n) is 6.05. The summed E-state index contributed by atoms with van der Waals surface area (Å²) in [6, 6.07) is 0. The Labute approximate surface area is 55.2 Å². The molecule has 2 nitrogen and oxygen atoms in total. The largest absolute Gasteiger partial charge is 0.362 e. The van der Waals surface area contributed by atoms with Crippen LogP contribution in [0.5, 0.6) is 0 Å². The lowest BCUT2D eigenvalue weighted by Gasteiger charge is -1.96. The molecule has 2 atom stereocenters. The molecule has 0 aromatic carbocycles. The summed E-state index contributed by atoms with van der Waals surface area (Å²) in [5.74, 6) is 0.363. The summed E-state index contributed by atoms with van der Waals surface area (Å²) in [4.78, 5) is 11.0. The third-order valence-electron chi connectivity index (χ3n) is 1.56. The molecule has 52 valence electrons. The fourth-order valence-electron chi connectivity index (χ4n) is 0.813. The third kappa shape index (κ3) is 1.30. The molecule has 1 fully saturated rings. The first-order valence-corrected chi connectivity index (χ1v) is 3.32. The molecule has 1 heterocycles. The standard InChI is InChI=1S/C7H12O2/c1-4(2)6(8)7-5(3)9-7/h4-5,7H,1-3H3. The summed E-state index contributed by atoms with van der Waals surface area (Å²) in [5, 5.41) is 0. The number of Topliss-reactive ketones (excluding diaryl/α,β-unsaturated/α-hetero) is 1. The number of hydrogen-bond donors (Lipinski definition) is 0. The van der Waals surface area contributed by atoms with Gasteiger partial charge in [-0.2, -0.15) is 0 Å². The molecule has 1 saturated heterocycles. The molecule has 0 aliphatic carbocycles. The Balaban J connectivity index is 2.36. The summed E-state index contributed by atoms with van der Waals surface area (Å²) >= 11 is 0. The van der Waals surface area contributed by atoms with Gasteiger partial charge in [-0.3, -0.25) is 4.79 Å². The smallest absolute Gasteiger partial charge is 0.166 e. The molecule has 0 bridgehead atoms. The number of epoxide rings is 1. The number of ketones is 1. The highest BCUT2D eigenvalue weighted by atomic mass is 16.6. The zero-order chi connectivity index (χ0) is 7.02. The molecule has 9 heavy (non-hydrogen) atoms. The fourth-order valence-corrected chi connectivity index (χ4v) is 0.813. The van der Waals surface area contributed by atoms with E-state index in [-0.39, 0.29) is 23.9 Å². The fraction of sp³-hybridized carbons (Fsp3) is 0.857. The van der Waals surface area contributed by atoms with E-state index in [4.69, 9.17) is 4.74 Å². The summed E-state index contributed by atoms with van der Waals surface area (Å²) < 4.78 is 4.99. The first-order valence-electron chi connectivity index (χ1n) is 3.32. The Kier molecular flexibility index (Phi) is 1.58. The predicted octanol–water partition coefficient (Wildman–Crippen LogP) is 0.999. The second-order valence-electron chi connectivity index (χ2n) is 2.82. The zero-order valence-corrected chi connectivity index (χ0v) is 6.05. The Morgan fingerprint density at radius 2 is 2.00 bits per heavy atom. The van der Waals surface area contributed by atoms with Gasteiger partial charge in [0.2, 0.25) is 0 Å². The van der Waals surface area contributed by atoms with Gasteiger partial charge in [-0.05, 0) is 6.92 Å². The van der Waals surface area contributed by atoms with Crippen LogP contribution in [-0.4, -0.2) is 18.0 Å². The van der Waals surface area contributed by atoms with E-state index in [0.717, 1.165) is 0 Å². The second kappa shape index (κ2) is 2.10. The van der Waals surface area contributed by atoms with Crippen molar-refractivity contribution in [2.75, 3.05) is 0 Å². The van der Waals surface area contributed by atoms with Crippen LogP contribution >= 0.6 is 0 Å². The molecule has 0 amide bonds. The summed E-state index contributed by atoms with van der Waals surface area (Å²) in [6.45, 7) is 5.72. The van der Waals surface area contributed by atoms with E-state index in [1.54, 1.807) is 0 Å². The van der Waals surface area contributed by atoms with Crippen LogP contribution in [-0.2, 0) is 9.53 Å². The molecule has 0 radical (unpaired) electrons. The quantitative estimate of drug-likeness (QED) is 0.519. The van der Waals surface area contributed by atoms with Crippen LogP contribution in [0.3, 0.4) is 0 Å². The Morgan fingerprint density at radius 3 is 2.11 bits per heavy atom. The van der Waals surface area contributed by atoms with E-state index in [0.29, 0.717) is 0 Å². The topological polar surface area (TPSA) is 29.6 Å². The Morgan fingerprint density at radius 1 is 1.56 bits per heavy atom. The number of rotatable bonds is 2. The molecule has 0 spiro atoms. The lowest BCUT2D eigenvalue weighted by molar-refractivity contribution is -0.123. The average Bonchev–Trinajstić information content (AvgIpc) is 2.44. The Bertz CT molecular complexity index is 129. The highest BCUT2D eigenvalue weighted by molar-refractivity contribution is 5.87. The van der Waals surface area contributed by atoms with Gasteiger partial charge in [-0.15, -0.1) is 0 Å². The molecule has 2 heteroatoms. The van der Waals surface area contributed by atoms with Crippen LogP contribution in [0.1, 0.15) is 20.8 Å². The predicted molar refractivity (Wildman–Crippen MR) is 34.2 cm³/mol. The Hall–Kier alpha value is -0.370. The van der Waals surface area contributed by atoms with Gasteiger partial charge in [0, 0.05) is 5.92 Å². The summed E-state index contributed by atoms with van der Waals surface area (Å²) in [5.41, 5.74) is 0. The highest BCUT2D eigenvalue weighted by Gasteiger charge is 2.41. The van der Waals surface area contributed by atoms with Gasteiger partial charge in [-0.25, -0.2) is 0 Å². The molecule has 0 N–H and O–H groups in total. The van der Waals surface area contributed by atoms with E-state index in [1.807, 2.05) is 20.8 Å². The number of carbonyl (C=O) groups is 1. The van der Waals surface area contributed by atoms with Crippen molar-refractivity contribution >= 4 is 5.78 Å².